The molecule has 0 unspecified atom stereocenters. The first-order valence-electron chi connectivity index (χ1n) is 7.27. The second-order valence-electron chi connectivity index (χ2n) is 6.32. The third-order valence-electron chi connectivity index (χ3n) is 2.87. The van der Waals surface area contributed by atoms with Crippen molar-refractivity contribution >= 4 is 0 Å². The minimum Gasteiger partial charge on any atom is -0.381 e. The van der Waals surface area contributed by atoms with Gasteiger partial charge in [-0.1, -0.05) is 13.8 Å². The molecule has 0 spiro atoms. The van der Waals surface area contributed by atoms with Gasteiger partial charge in [-0.2, -0.15) is 0 Å². The molecule has 0 heterocycles. The van der Waals surface area contributed by atoms with Gasteiger partial charge in [0.25, 0.3) is 0 Å². The molecule has 0 aromatic rings. The summed E-state index contributed by atoms with van der Waals surface area (Å²) in [6.45, 7) is 16.5. The van der Waals surface area contributed by atoms with Crippen LogP contribution >= 0.6 is 0 Å². The maximum absolute atomic E-state index is 5.68. The van der Waals surface area contributed by atoms with E-state index in [-0.39, 0.29) is 5.54 Å². The van der Waals surface area contributed by atoms with Crippen LogP contribution in [0, 0.1) is 5.92 Å². The number of nitrogens with one attached hydrogen (secondary N) is 1. The summed E-state index contributed by atoms with van der Waals surface area (Å²) in [5, 5.41) is 3.45. The Kier molecular flexibility index (Phi) is 9.70. The lowest BCUT2D eigenvalue weighted by Gasteiger charge is -2.20. The van der Waals surface area contributed by atoms with E-state index in [4.69, 9.17) is 9.47 Å². The Hall–Kier alpha value is -0.120. The third-order valence-corrected chi connectivity index (χ3v) is 2.87. The number of ether oxygens (including phenoxy) is 2. The molecule has 0 aromatic heterocycles. The monoisotopic (exact) mass is 259 g/mol. The Morgan fingerprint density at radius 3 is 2.11 bits per heavy atom. The van der Waals surface area contributed by atoms with Crippen molar-refractivity contribution in [2.24, 2.45) is 5.92 Å². The van der Waals surface area contributed by atoms with E-state index in [2.05, 4.69) is 46.9 Å². The second kappa shape index (κ2) is 9.76. The average molecular weight is 259 g/mol. The fraction of sp³-hybridized carbons (Fsp3) is 1.00. The van der Waals surface area contributed by atoms with E-state index in [1.165, 1.54) is 0 Å². The molecule has 0 radical (unpaired) electrons. The van der Waals surface area contributed by atoms with Gasteiger partial charge >= 0.3 is 0 Å². The topological polar surface area (TPSA) is 30.5 Å². The molecule has 0 amide bonds. The lowest BCUT2D eigenvalue weighted by Crippen LogP contribution is -2.36. The summed E-state index contributed by atoms with van der Waals surface area (Å²) in [7, 11) is 0. The Labute approximate surface area is 114 Å². The highest BCUT2D eigenvalue weighted by Gasteiger charge is 2.07. The second-order valence-corrected chi connectivity index (χ2v) is 6.32. The normalized spacial score (nSPS) is 14.2. The molecule has 1 atom stereocenters. The molecule has 1 N–H and O–H groups in total. The van der Waals surface area contributed by atoms with Crippen molar-refractivity contribution in [2.45, 2.75) is 66.0 Å². The molecular formula is C15H33NO2. The minimum atomic E-state index is 0.209. The lowest BCUT2D eigenvalue weighted by atomic mass is 10.1. The quantitative estimate of drug-likeness (QED) is 0.611. The average Bonchev–Trinajstić information content (AvgIpc) is 2.24. The van der Waals surface area contributed by atoms with Crippen LogP contribution in [-0.4, -0.2) is 38.0 Å². The highest BCUT2D eigenvalue weighted by Crippen LogP contribution is 2.05. The van der Waals surface area contributed by atoms with Crippen LogP contribution in [0.4, 0.5) is 0 Å². The van der Waals surface area contributed by atoms with Gasteiger partial charge in [0.15, 0.2) is 0 Å². The summed E-state index contributed by atoms with van der Waals surface area (Å²) in [5.74, 6) is 0.592. The van der Waals surface area contributed by atoms with E-state index < -0.39 is 0 Å². The zero-order valence-electron chi connectivity index (χ0n) is 13.2. The first-order valence-corrected chi connectivity index (χ1v) is 7.27. The number of hydrogen-bond donors (Lipinski definition) is 1. The number of hydrogen-bond acceptors (Lipinski definition) is 3. The summed E-state index contributed by atoms with van der Waals surface area (Å²) in [6.07, 6.45) is 2.41. The van der Waals surface area contributed by atoms with Gasteiger partial charge in [0.1, 0.15) is 0 Å². The molecule has 0 fully saturated rings. The van der Waals surface area contributed by atoms with Crippen LogP contribution in [-0.2, 0) is 9.47 Å². The molecule has 0 aliphatic carbocycles. The minimum absolute atomic E-state index is 0.209. The van der Waals surface area contributed by atoms with E-state index >= 15 is 0 Å². The lowest BCUT2D eigenvalue weighted by molar-refractivity contribution is 0.0192. The highest BCUT2D eigenvalue weighted by molar-refractivity contribution is 4.69. The smallest absolute Gasteiger partial charge is 0.0569 e. The van der Waals surface area contributed by atoms with E-state index in [1.54, 1.807) is 0 Å². The fourth-order valence-electron chi connectivity index (χ4n) is 1.36. The Morgan fingerprint density at radius 2 is 1.56 bits per heavy atom. The number of rotatable bonds is 10. The SMILES string of the molecule is CC(C)[C@H](C)OCCCOCCCNC(C)(C)C. The molecule has 3 nitrogen and oxygen atoms in total. The maximum atomic E-state index is 5.68. The first kappa shape index (κ1) is 17.9. The third kappa shape index (κ3) is 12.3. The van der Waals surface area contributed by atoms with E-state index in [0.717, 1.165) is 39.2 Å². The van der Waals surface area contributed by atoms with Crippen molar-refractivity contribution < 1.29 is 9.47 Å². The molecule has 110 valence electrons. The van der Waals surface area contributed by atoms with Crippen molar-refractivity contribution in [3.8, 4) is 0 Å². The van der Waals surface area contributed by atoms with Crippen LogP contribution in [0.3, 0.4) is 0 Å². The molecule has 0 aliphatic heterocycles. The van der Waals surface area contributed by atoms with E-state index in [1.807, 2.05) is 0 Å². The van der Waals surface area contributed by atoms with Crippen molar-refractivity contribution in [1.82, 2.24) is 5.32 Å². The summed E-state index contributed by atoms with van der Waals surface area (Å²) >= 11 is 0. The first-order chi connectivity index (χ1) is 8.33. The van der Waals surface area contributed by atoms with Gasteiger partial charge < -0.3 is 14.8 Å². The zero-order valence-corrected chi connectivity index (χ0v) is 13.2. The van der Waals surface area contributed by atoms with E-state index in [0.29, 0.717) is 12.0 Å². The largest absolute Gasteiger partial charge is 0.381 e. The van der Waals surface area contributed by atoms with Crippen LogP contribution in [0.15, 0.2) is 0 Å². The summed E-state index contributed by atoms with van der Waals surface area (Å²) in [6, 6.07) is 0. The van der Waals surface area contributed by atoms with E-state index in [9.17, 15) is 0 Å². The summed E-state index contributed by atoms with van der Waals surface area (Å²) < 4.78 is 11.3. The van der Waals surface area contributed by atoms with Crippen molar-refractivity contribution in [3.63, 3.8) is 0 Å². The molecule has 0 saturated heterocycles. The van der Waals surface area contributed by atoms with Gasteiger partial charge in [-0.3, -0.25) is 0 Å². The van der Waals surface area contributed by atoms with Gasteiger partial charge in [0.05, 0.1) is 6.10 Å². The van der Waals surface area contributed by atoms with Crippen LogP contribution < -0.4 is 5.32 Å². The zero-order chi connectivity index (χ0) is 14.0. The molecule has 0 aromatic carbocycles. The molecule has 0 rings (SSSR count). The summed E-state index contributed by atoms with van der Waals surface area (Å²) in [4.78, 5) is 0. The maximum Gasteiger partial charge on any atom is 0.0569 e. The predicted octanol–water partition coefficient (Wildman–Crippen LogP) is 3.23. The standard InChI is InChI=1S/C15H33NO2/c1-13(2)14(3)18-12-8-11-17-10-7-9-16-15(4,5)6/h13-14,16H,7-12H2,1-6H3/t14-/m0/s1. The van der Waals surface area contributed by atoms with Crippen molar-refractivity contribution in [1.29, 1.82) is 0 Å². The Morgan fingerprint density at radius 1 is 0.944 bits per heavy atom. The Balaban J connectivity index is 3.17. The summed E-state index contributed by atoms with van der Waals surface area (Å²) in [5.41, 5.74) is 0.209. The molecule has 0 aliphatic rings. The van der Waals surface area contributed by atoms with Gasteiger partial charge in [-0.15, -0.1) is 0 Å². The highest BCUT2D eigenvalue weighted by atomic mass is 16.5. The predicted molar refractivity (Wildman–Crippen MR) is 78.1 cm³/mol. The Bertz CT molecular complexity index is 187. The molecule has 3 heteroatoms. The molecule has 18 heavy (non-hydrogen) atoms. The van der Waals surface area contributed by atoms with Gasteiger partial charge in [-0.05, 0) is 53.0 Å². The van der Waals surface area contributed by atoms with Crippen LogP contribution in [0.25, 0.3) is 0 Å². The molecule has 0 saturated carbocycles. The van der Waals surface area contributed by atoms with Crippen LogP contribution in [0.1, 0.15) is 54.4 Å². The van der Waals surface area contributed by atoms with Crippen molar-refractivity contribution in [3.05, 3.63) is 0 Å². The fourth-order valence-corrected chi connectivity index (χ4v) is 1.36. The van der Waals surface area contributed by atoms with Crippen molar-refractivity contribution in [2.75, 3.05) is 26.4 Å². The van der Waals surface area contributed by atoms with Gasteiger partial charge in [0.2, 0.25) is 0 Å². The molecule has 0 bridgehead atoms. The van der Waals surface area contributed by atoms with Gasteiger partial charge in [-0.25, -0.2) is 0 Å². The molecular weight excluding hydrogens is 226 g/mol. The van der Waals surface area contributed by atoms with Crippen LogP contribution in [0.2, 0.25) is 0 Å². The van der Waals surface area contributed by atoms with Gasteiger partial charge in [0, 0.05) is 25.4 Å². The van der Waals surface area contributed by atoms with Crippen LogP contribution in [0.5, 0.6) is 0 Å².